The quantitative estimate of drug-likeness (QED) is 0.879. The summed E-state index contributed by atoms with van der Waals surface area (Å²) in [4.78, 5) is 0. The molecule has 0 spiro atoms. The Balaban J connectivity index is 1.85. The van der Waals surface area contributed by atoms with Crippen LogP contribution in [0, 0.1) is 0 Å². The summed E-state index contributed by atoms with van der Waals surface area (Å²) in [5.74, 6) is 0.663. The number of alkyl halides is 3. The predicted molar refractivity (Wildman–Crippen MR) is 70.3 cm³/mol. The molecule has 21 heavy (non-hydrogen) atoms. The molecule has 0 aromatic carbocycles. The van der Waals surface area contributed by atoms with Gasteiger partial charge in [-0.2, -0.15) is 13.2 Å². The summed E-state index contributed by atoms with van der Waals surface area (Å²) < 4.78 is 40.2. The minimum atomic E-state index is -4.44. The van der Waals surface area contributed by atoms with Crippen molar-refractivity contribution in [1.82, 2.24) is 19.9 Å². The molecular weight excluding hydrogens is 305 g/mol. The van der Waals surface area contributed by atoms with Gasteiger partial charge >= 0.3 is 6.18 Å². The van der Waals surface area contributed by atoms with E-state index >= 15 is 0 Å². The van der Waals surface area contributed by atoms with Crippen LogP contribution in [0.4, 0.5) is 13.2 Å². The van der Waals surface area contributed by atoms with Crippen molar-refractivity contribution in [3.63, 3.8) is 0 Å². The fourth-order valence-corrected chi connectivity index (χ4v) is 3.73. The highest BCUT2D eigenvalue weighted by Gasteiger charge is 2.42. The molecule has 0 saturated carbocycles. The van der Waals surface area contributed by atoms with Crippen molar-refractivity contribution in [3.8, 4) is 0 Å². The topological polar surface area (TPSA) is 42.2 Å². The fourth-order valence-electron chi connectivity index (χ4n) is 3.49. The molecule has 4 heterocycles. The molecule has 2 saturated heterocycles. The highest BCUT2D eigenvalue weighted by molar-refractivity contribution is 6.33. The maximum Gasteiger partial charge on any atom is 0.417 e. The number of aromatic nitrogens is 3. The molecule has 2 aliphatic rings. The van der Waals surface area contributed by atoms with Crippen LogP contribution in [-0.4, -0.2) is 26.7 Å². The lowest BCUT2D eigenvalue weighted by Crippen LogP contribution is -2.23. The molecule has 2 aromatic heterocycles. The summed E-state index contributed by atoms with van der Waals surface area (Å²) in [5, 5.41) is 11.5. The number of halogens is 4. The Morgan fingerprint density at radius 1 is 1.29 bits per heavy atom. The largest absolute Gasteiger partial charge is 0.417 e. The van der Waals surface area contributed by atoms with E-state index in [1.165, 1.54) is 4.40 Å². The van der Waals surface area contributed by atoms with E-state index in [4.69, 9.17) is 11.6 Å². The van der Waals surface area contributed by atoms with Gasteiger partial charge in [-0.1, -0.05) is 11.6 Å². The van der Waals surface area contributed by atoms with Crippen LogP contribution in [-0.2, 0) is 6.18 Å². The normalized spacial score (nSPS) is 28.7. The van der Waals surface area contributed by atoms with E-state index in [0.29, 0.717) is 11.9 Å². The van der Waals surface area contributed by atoms with Crippen molar-refractivity contribution in [2.45, 2.75) is 43.4 Å². The zero-order valence-electron chi connectivity index (χ0n) is 10.9. The van der Waals surface area contributed by atoms with Crippen molar-refractivity contribution in [1.29, 1.82) is 0 Å². The average Bonchev–Trinajstić information content (AvgIpc) is 3.11. The Morgan fingerprint density at radius 2 is 2.10 bits per heavy atom. The van der Waals surface area contributed by atoms with Gasteiger partial charge in [0.2, 0.25) is 0 Å². The predicted octanol–water partition coefficient (Wildman–Crippen LogP) is 3.01. The van der Waals surface area contributed by atoms with Gasteiger partial charge in [0.25, 0.3) is 0 Å². The summed E-state index contributed by atoms with van der Waals surface area (Å²) >= 11 is 5.93. The second-order valence-electron chi connectivity index (χ2n) is 5.72. The van der Waals surface area contributed by atoms with Crippen LogP contribution in [0.25, 0.3) is 5.65 Å². The number of fused-ring (bicyclic) bond motifs is 3. The molecule has 4 nitrogen and oxygen atoms in total. The van der Waals surface area contributed by atoms with Crippen molar-refractivity contribution in [2.24, 2.45) is 0 Å². The van der Waals surface area contributed by atoms with Gasteiger partial charge in [-0.25, -0.2) is 0 Å². The lowest BCUT2D eigenvalue weighted by molar-refractivity contribution is -0.137. The maximum atomic E-state index is 12.9. The lowest BCUT2D eigenvalue weighted by Gasteiger charge is -2.18. The molecule has 112 valence electrons. The average molecular weight is 317 g/mol. The van der Waals surface area contributed by atoms with Gasteiger partial charge < -0.3 is 5.32 Å². The third-order valence-electron chi connectivity index (χ3n) is 4.45. The molecule has 8 heteroatoms. The first-order valence-electron chi connectivity index (χ1n) is 6.81. The number of rotatable bonds is 1. The first kappa shape index (κ1) is 13.3. The first-order valence-corrected chi connectivity index (χ1v) is 7.18. The summed E-state index contributed by atoms with van der Waals surface area (Å²) in [6.45, 7) is 0. The Morgan fingerprint density at radius 3 is 2.71 bits per heavy atom. The van der Waals surface area contributed by atoms with Gasteiger partial charge in [0.15, 0.2) is 5.65 Å². The van der Waals surface area contributed by atoms with Gasteiger partial charge in [0.05, 0.1) is 10.6 Å². The number of nitrogens with one attached hydrogen (secondary N) is 1. The molecule has 0 radical (unpaired) electrons. The minimum Gasteiger partial charge on any atom is -0.310 e. The van der Waals surface area contributed by atoms with Crippen LogP contribution in [0.5, 0.6) is 0 Å². The van der Waals surface area contributed by atoms with Crippen molar-refractivity contribution in [3.05, 3.63) is 28.7 Å². The van der Waals surface area contributed by atoms with Crippen LogP contribution >= 0.6 is 11.6 Å². The molecular formula is C13H12ClF3N4. The highest BCUT2D eigenvalue weighted by Crippen LogP contribution is 2.40. The molecule has 2 aliphatic heterocycles. The smallest absolute Gasteiger partial charge is 0.310 e. The standard InChI is InChI=1S/C13H12ClF3N4/c14-9-3-6(13(15,16)17)5-21-11(19-20-12(9)21)8-4-7-1-2-10(8)18-7/h3,5,7-8,10,18H,1-2,4H2. The van der Waals surface area contributed by atoms with Crippen molar-refractivity contribution < 1.29 is 13.2 Å². The molecule has 1 N–H and O–H groups in total. The number of hydrogen-bond acceptors (Lipinski definition) is 3. The Labute approximate surface area is 123 Å². The van der Waals surface area contributed by atoms with E-state index in [9.17, 15) is 13.2 Å². The molecule has 2 fully saturated rings. The molecule has 0 aliphatic carbocycles. The second-order valence-corrected chi connectivity index (χ2v) is 6.12. The van der Waals surface area contributed by atoms with Gasteiger partial charge in [-0.15, -0.1) is 10.2 Å². The van der Waals surface area contributed by atoms with E-state index in [1.807, 2.05) is 0 Å². The van der Waals surface area contributed by atoms with Crippen LogP contribution in [0.1, 0.15) is 36.6 Å². The summed E-state index contributed by atoms with van der Waals surface area (Å²) in [5.41, 5.74) is -0.500. The van der Waals surface area contributed by atoms with Gasteiger partial charge in [-0.3, -0.25) is 4.40 Å². The van der Waals surface area contributed by atoms with E-state index in [-0.39, 0.29) is 22.6 Å². The van der Waals surface area contributed by atoms with Crippen molar-refractivity contribution >= 4 is 17.2 Å². The van der Waals surface area contributed by atoms with Crippen LogP contribution in [0.3, 0.4) is 0 Å². The van der Waals surface area contributed by atoms with Crippen molar-refractivity contribution in [2.75, 3.05) is 0 Å². The molecule has 0 amide bonds. The first-order chi connectivity index (χ1) is 9.93. The van der Waals surface area contributed by atoms with Crippen LogP contribution < -0.4 is 5.32 Å². The summed E-state index contributed by atoms with van der Waals surface area (Å²) in [6, 6.07) is 1.61. The monoisotopic (exact) mass is 316 g/mol. The SMILES string of the molecule is FC(F)(F)c1cc(Cl)c2nnc(C3CC4CCC3N4)n2c1. The minimum absolute atomic E-state index is 0.0281. The van der Waals surface area contributed by atoms with Gasteiger partial charge in [0, 0.05) is 24.2 Å². The van der Waals surface area contributed by atoms with E-state index in [0.717, 1.165) is 31.5 Å². The fraction of sp³-hybridized carbons (Fsp3) is 0.538. The molecule has 2 aromatic rings. The number of nitrogens with zero attached hydrogens (tertiary/aromatic N) is 3. The zero-order valence-corrected chi connectivity index (χ0v) is 11.6. The lowest BCUT2D eigenvalue weighted by atomic mass is 9.88. The van der Waals surface area contributed by atoms with Crippen LogP contribution in [0.2, 0.25) is 5.02 Å². The van der Waals surface area contributed by atoms with Gasteiger partial charge in [0.1, 0.15) is 5.82 Å². The second kappa shape index (κ2) is 4.33. The van der Waals surface area contributed by atoms with E-state index < -0.39 is 11.7 Å². The third kappa shape index (κ3) is 2.02. The summed E-state index contributed by atoms with van der Waals surface area (Å²) in [7, 11) is 0. The Bertz CT molecular complexity index is 711. The molecule has 3 unspecified atom stereocenters. The van der Waals surface area contributed by atoms with E-state index in [1.54, 1.807) is 0 Å². The third-order valence-corrected chi connectivity index (χ3v) is 4.72. The Hall–Kier alpha value is -1.34. The highest BCUT2D eigenvalue weighted by atomic mass is 35.5. The molecule has 4 rings (SSSR count). The van der Waals surface area contributed by atoms with E-state index in [2.05, 4.69) is 15.5 Å². The van der Waals surface area contributed by atoms with Gasteiger partial charge in [-0.05, 0) is 25.3 Å². The molecule has 3 atom stereocenters. The maximum absolute atomic E-state index is 12.9. The molecule has 2 bridgehead atoms. The summed E-state index contributed by atoms with van der Waals surface area (Å²) in [6.07, 6.45) is -0.364. The number of hydrogen-bond donors (Lipinski definition) is 1. The Kier molecular flexibility index (Phi) is 2.75. The van der Waals surface area contributed by atoms with Crippen LogP contribution in [0.15, 0.2) is 12.3 Å². The number of pyridine rings is 1. The zero-order chi connectivity index (χ0) is 14.8.